The Kier molecular flexibility index (Phi) is 3.61. The fourth-order valence-corrected chi connectivity index (χ4v) is 2.33. The molecule has 0 aliphatic heterocycles. The van der Waals surface area contributed by atoms with E-state index in [1.165, 1.54) is 25.7 Å². The molecule has 0 saturated heterocycles. The Morgan fingerprint density at radius 1 is 1.53 bits per heavy atom. The molecule has 1 heterocycles. The molecule has 0 radical (unpaired) electrons. The molecule has 4 heteroatoms. The van der Waals surface area contributed by atoms with Crippen LogP contribution in [-0.2, 0) is 0 Å². The highest BCUT2D eigenvalue weighted by molar-refractivity contribution is 5.95. The van der Waals surface area contributed by atoms with Gasteiger partial charge >= 0.3 is 0 Å². The summed E-state index contributed by atoms with van der Waals surface area (Å²) in [5, 5.41) is 2.97. The highest BCUT2D eigenvalue weighted by Gasteiger charge is 2.17. The van der Waals surface area contributed by atoms with Gasteiger partial charge in [-0.15, -0.1) is 0 Å². The van der Waals surface area contributed by atoms with Crippen molar-refractivity contribution in [2.45, 2.75) is 32.6 Å². The van der Waals surface area contributed by atoms with Gasteiger partial charge in [-0.05, 0) is 31.7 Å². The van der Waals surface area contributed by atoms with E-state index < -0.39 is 0 Å². The topological polar surface area (TPSA) is 68.0 Å². The smallest absolute Gasteiger partial charge is 0.253 e. The molecule has 1 aromatic rings. The molecule has 0 aromatic carbocycles. The monoisotopic (exact) mass is 233 g/mol. The summed E-state index contributed by atoms with van der Waals surface area (Å²) in [7, 11) is 0. The number of aryl methyl sites for hydroxylation is 1. The summed E-state index contributed by atoms with van der Waals surface area (Å²) in [6.07, 6.45) is 6.62. The zero-order chi connectivity index (χ0) is 12.3. The van der Waals surface area contributed by atoms with Gasteiger partial charge in [-0.3, -0.25) is 9.78 Å². The second-order valence-electron chi connectivity index (χ2n) is 4.76. The highest BCUT2D eigenvalue weighted by Crippen LogP contribution is 2.23. The number of nitrogens with one attached hydrogen (secondary N) is 1. The summed E-state index contributed by atoms with van der Waals surface area (Å²) in [5.41, 5.74) is 7.48. The molecular weight excluding hydrogens is 214 g/mol. The number of anilines is 1. The number of nitrogens with two attached hydrogens (primary N) is 1. The molecule has 3 N–H and O–H groups in total. The molecule has 92 valence electrons. The molecule has 1 aliphatic rings. The minimum absolute atomic E-state index is 0.0609. The fourth-order valence-electron chi connectivity index (χ4n) is 2.33. The zero-order valence-corrected chi connectivity index (χ0v) is 10.2. The molecule has 1 saturated carbocycles. The minimum atomic E-state index is -0.0609. The van der Waals surface area contributed by atoms with Gasteiger partial charge in [0.1, 0.15) is 0 Å². The van der Waals surface area contributed by atoms with E-state index in [1.54, 1.807) is 12.3 Å². The van der Waals surface area contributed by atoms with Gasteiger partial charge < -0.3 is 11.1 Å². The number of carbonyl (C=O) groups is 1. The maximum Gasteiger partial charge on any atom is 0.253 e. The first-order valence-electron chi connectivity index (χ1n) is 6.17. The van der Waals surface area contributed by atoms with E-state index in [1.807, 2.05) is 6.92 Å². The largest absolute Gasteiger partial charge is 0.397 e. The van der Waals surface area contributed by atoms with E-state index in [-0.39, 0.29) is 5.91 Å². The average Bonchev–Trinajstić information content (AvgIpc) is 2.82. The number of hydrogen-bond acceptors (Lipinski definition) is 3. The van der Waals surface area contributed by atoms with Crippen molar-refractivity contribution in [2.24, 2.45) is 5.92 Å². The molecule has 0 bridgehead atoms. The lowest BCUT2D eigenvalue weighted by molar-refractivity contribution is 0.0946. The van der Waals surface area contributed by atoms with Crippen LogP contribution in [0.1, 0.15) is 41.7 Å². The quantitative estimate of drug-likeness (QED) is 0.837. The van der Waals surface area contributed by atoms with E-state index >= 15 is 0 Å². The van der Waals surface area contributed by atoms with Crippen LogP contribution in [0.5, 0.6) is 0 Å². The molecule has 1 aliphatic carbocycles. The summed E-state index contributed by atoms with van der Waals surface area (Å²) < 4.78 is 0. The molecule has 0 atom stereocenters. The number of rotatable bonds is 3. The lowest BCUT2D eigenvalue weighted by Crippen LogP contribution is -2.29. The second-order valence-corrected chi connectivity index (χ2v) is 4.76. The first kappa shape index (κ1) is 11.9. The standard InChI is InChI=1S/C13H19N3O/c1-9-12(6-11(14)8-15-9)13(17)16-7-10-4-2-3-5-10/h6,8,10H,2-5,7,14H2,1H3,(H,16,17). The molecule has 1 amide bonds. The predicted octanol–water partition coefficient (Wildman–Crippen LogP) is 1.89. The Morgan fingerprint density at radius 2 is 2.24 bits per heavy atom. The van der Waals surface area contributed by atoms with Crippen LogP contribution in [0, 0.1) is 12.8 Å². The number of hydrogen-bond donors (Lipinski definition) is 2. The lowest BCUT2D eigenvalue weighted by Gasteiger charge is -2.11. The SMILES string of the molecule is Cc1ncc(N)cc1C(=O)NCC1CCCC1. The van der Waals surface area contributed by atoms with Crippen LogP contribution < -0.4 is 11.1 Å². The van der Waals surface area contributed by atoms with E-state index in [0.29, 0.717) is 17.2 Å². The summed E-state index contributed by atoms with van der Waals surface area (Å²) in [6.45, 7) is 2.59. The van der Waals surface area contributed by atoms with Crippen molar-refractivity contribution in [1.29, 1.82) is 0 Å². The summed E-state index contributed by atoms with van der Waals surface area (Å²) in [4.78, 5) is 16.1. The first-order chi connectivity index (χ1) is 8.16. The summed E-state index contributed by atoms with van der Waals surface area (Å²) in [6, 6.07) is 1.69. The number of nitrogens with zero attached hydrogens (tertiary/aromatic N) is 1. The van der Waals surface area contributed by atoms with E-state index in [9.17, 15) is 4.79 Å². The molecule has 1 aromatic heterocycles. The van der Waals surface area contributed by atoms with Gasteiger partial charge in [-0.25, -0.2) is 0 Å². The Labute approximate surface area is 102 Å². The van der Waals surface area contributed by atoms with Crippen LogP contribution in [-0.4, -0.2) is 17.4 Å². The summed E-state index contributed by atoms with van der Waals surface area (Å²) >= 11 is 0. The minimum Gasteiger partial charge on any atom is -0.397 e. The maximum absolute atomic E-state index is 12.0. The Morgan fingerprint density at radius 3 is 2.94 bits per heavy atom. The second kappa shape index (κ2) is 5.17. The van der Waals surface area contributed by atoms with Crippen LogP contribution in [0.2, 0.25) is 0 Å². The molecule has 4 nitrogen and oxygen atoms in total. The van der Waals surface area contributed by atoms with Gasteiger partial charge in [0.15, 0.2) is 0 Å². The molecular formula is C13H19N3O. The van der Waals surface area contributed by atoms with Crippen LogP contribution in [0.25, 0.3) is 0 Å². The van der Waals surface area contributed by atoms with Crippen LogP contribution >= 0.6 is 0 Å². The molecule has 1 fully saturated rings. The van der Waals surface area contributed by atoms with Gasteiger partial charge in [0.2, 0.25) is 0 Å². The zero-order valence-electron chi connectivity index (χ0n) is 10.2. The summed E-state index contributed by atoms with van der Waals surface area (Å²) in [5.74, 6) is 0.586. The van der Waals surface area contributed by atoms with Crippen molar-refractivity contribution in [3.05, 3.63) is 23.5 Å². The van der Waals surface area contributed by atoms with Crippen molar-refractivity contribution in [3.63, 3.8) is 0 Å². The highest BCUT2D eigenvalue weighted by atomic mass is 16.1. The molecule has 0 spiro atoms. The van der Waals surface area contributed by atoms with Gasteiger partial charge in [-0.1, -0.05) is 12.8 Å². The maximum atomic E-state index is 12.0. The van der Waals surface area contributed by atoms with E-state index in [4.69, 9.17) is 5.73 Å². The third kappa shape index (κ3) is 2.96. The third-order valence-corrected chi connectivity index (χ3v) is 3.38. The van der Waals surface area contributed by atoms with Gasteiger partial charge in [0.25, 0.3) is 5.91 Å². The predicted molar refractivity (Wildman–Crippen MR) is 67.7 cm³/mol. The van der Waals surface area contributed by atoms with Crippen LogP contribution in [0.3, 0.4) is 0 Å². The van der Waals surface area contributed by atoms with E-state index in [0.717, 1.165) is 12.2 Å². The average molecular weight is 233 g/mol. The van der Waals surface area contributed by atoms with Crippen molar-refractivity contribution >= 4 is 11.6 Å². The van der Waals surface area contributed by atoms with Crippen LogP contribution in [0.15, 0.2) is 12.3 Å². The number of carbonyl (C=O) groups excluding carboxylic acids is 1. The van der Waals surface area contributed by atoms with Crippen molar-refractivity contribution in [1.82, 2.24) is 10.3 Å². The van der Waals surface area contributed by atoms with Crippen molar-refractivity contribution in [2.75, 3.05) is 12.3 Å². The van der Waals surface area contributed by atoms with E-state index in [2.05, 4.69) is 10.3 Å². The normalized spacial score (nSPS) is 16.1. The number of nitrogen functional groups attached to an aromatic ring is 1. The van der Waals surface area contributed by atoms with Crippen molar-refractivity contribution in [3.8, 4) is 0 Å². The Bertz CT molecular complexity index is 411. The van der Waals surface area contributed by atoms with Gasteiger partial charge in [-0.2, -0.15) is 0 Å². The van der Waals surface area contributed by atoms with Crippen molar-refractivity contribution < 1.29 is 4.79 Å². The number of pyridine rings is 1. The Hall–Kier alpha value is -1.58. The fraction of sp³-hybridized carbons (Fsp3) is 0.538. The molecule has 17 heavy (non-hydrogen) atoms. The first-order valence-corrected chi connectivity index (χ1v) is 6.17. The number of aromatic nitrogens is 1. The molecule has 0 unspecified atom stereocenters. The van der Waals surface area contributed by atoms with Gasteiger partial charge in [0.05, 0.1) is 23.1 Å². The van der Waals surface area contributed by atoms with Gasteiger partial charge in [0, 0.05) is 6.54 Å². The molecule has 2 rings (SSSR count). The van der Waals surface area contributed by atoms with Crippen LogP contribution in [0.4, 0.5) is 5.69 Å². The Balaban J connectivity index is 1.96. The number of amides is 1. The lowest BCUT2D eigenvalue weighted by atomic mass is 10.1. The third-order valence-electron chi connectivity index (χ3n) is 3.38.